The van der Waals surface area contributed by atoms with Crippen molar-refractivity contribution in [3.63, 3.8) is 0 Å². The maximum Gasteiger partial charge on any atom is 0.337 e. The van der Waals surface area contributed by atoms with Crippen molar-refractivity contribution < 1.29 is 23.8 Å². The molecule has 3 aromatic rings. The molecule has 0 N–H and O–H groups in total. The zero-order valence-electron chi connectivity index (χ0n) is 15.4. The van der Waals surface area contributed by atoms with E-state index in [0.717, 1.165) is 15.8 Å². The minimum Gasteiger partial charge on any atom is -0.465 e. The maximum atomic E-state index is 12.5. The van der Waals surface area contributed by atoms with Gasteiger partial charge in [-0.1, -0.05) is 17.4 Å². The van der Waals surface area contributed by atoms with Crippen molar-refractivity contribution in [1.29, 1.82) is 0 Å². The summed E-state index contributed by atoms with van der Waals surface area (Å²) in [6, 6.07) is 10.8. The van der Waals surface area contributed by atoms with Crippen LogP contribution in [0.25, 0.3) is 10.2 Å². The number of amides is 1. The van der Waals surface area contributed by atoms with Gasteiger partial charge in [-0.2, -0.15) is 4.99 Å². The zero-order valence-corrected chi connectivity index (χ0v) is 16.2. The van der Waals surface area contributed by atoms with E-state index in [0.29, 0.717) is 28.4 Å². The standard InChI is InChI=1S/C20H18N2O5S/c1-3-22-14-6-5-13(19(24)25-2)10-17(14)28-20(22)21-18(23)9-12-4-7-15-16(8-12)27-11-26-15/h4-8,10H,3,9,11H2,1-2H3. The number of fused-ring (bicyclic) bond motifs is 2. The van der Waals surface area contributed by atoms with Gasteiger partial charge in [0.1, 0.15) is 0 Å². The van der Waals surface area contributed by atoms with Crippen LogP contribution in [0.15, 0.2) is 41.4 Å². The Balaban J connectivity index is 1.66. The van der Waals surface area contributed by atoms with Crippen LogP contribution < -0.4 is 14.3 Å². The van der Waals surface area contributed by atoms with Crippen LogP contribution in [0.1, 0.15) is 22.8 Å². The summed E-state index contributed by atoms with van der Waals surface area (Å²) in [5.41, 5.74) is 2.21. The first-order valence-electron chi connectivity index (χ1n) is 8.77. The molecule has 2 heterocycles. The topological polar surface area (TPSA) is 79.1 Å². The fraction of sp³-hybridized carbons (Fsp3) is 0.250. The van der Waals surface area contributed by atoms with Crippen molar-refractivity contribution in [2.45, 2.75) is 19.9 Å². The quantitative estimate of drug-likeness (QED) is 0.632. The zero-order chi connectivity index (χ0) is 19.7. The Morgan fingerprint density at radius 1 is 1.18 bits per heavy atom. The summed E-state index contributed by atoms with van der Waals surface area (Å²) in [7, 11) is 1.35. The minimum atomic E-state index is -0.393. The Hall–Kier alpha value is -3.13. The molecule has 0 saturated carbocycles. The van der Waals surface area contributed by atoms with Crippen LogP contribution in [0, 0.1) is 0 Å². The molecular weight excluding hydrogens is 380 g/mol. The number of rotatable bonds is 4. The van der Waals surface area contributed by atoms with Crippen LogP contribution in [0.2, 0.25) is 0 Å². The van der Waals surface area contributed by atoms with Crippen LogP contribution >= 0.6 is 11.3 Å². The Morgan fingerprint density at radius 3 is 2.79 bits per heavy atom. The molecule has 1 aliphatic rings. The molecule has 0 spiro atoms. The number of carbonyl (C=O) groups excluding carboxylic acids is 2. The van der Waals surface area contributed by atoms with Crippen LogP contribution in [0.4, 0.5) is 0 Å². The second-order valence-electron chi connectivity index (χ2n) is 6.17. The first kappa shape index (κ1) is 18.2. The molecule has 7 nitrogen and oxygen atoms in total. The van der Waals surface area contributed by atoms with Crippen LogP contribution in [0.5, 0.6) is 11.5 Å². The van der Waals surface area contributed by atoms with Crippen molar-refractivity contribution in [3.8, 4) is 11.5 Å². The van der Waals surface area contributed by atoms with E-state index in [1.807, 2.05) is 23.6 Å². The molecule has 1 aliphatic heterocycles. The molecule has 144 valence electrons. The fourth-order valence-corrected chi connectivity index (χ4v) is 4.23. The van der Waals surface area contributed by atoms with E-state index in [2.05, 4.69) is 4.99 Å². The Bertz CT molecular complexity index is 1150. The highest BCUT2D eigenvalue weighted by molar-refractivity contribution is 7.16. The number of aromatic nitrogens is 1. The average Bonchev–Trinajstić information content (AvgIpc) is 3.29. The number of thiazole rings is 1. The van der Waals surface area contributed by atoms with Gasteiger partial charge in [0, 0.05) is 6.54 Å². The maximum absolute atomic E-state index is 12.5. The van der Waals surface area contributed by atoms with Crippen LogP contribution in [-0.4, -0.2) is 30.3 Å². The lowest BCUT2D eigenvalue weighted by atomic mass is 10.1. The number of nitrogens with zero attached hydrogens (tertiary/aromatic N) is 2. The highest BCUT2D eigenvalue weighted by Crippen LogP contribution is 2.32. The molecule has 1 aromatic heterocycles. The van der Waals surface area contributed by atoms with E-state index in [4.69, 9.17) is 14.2 Å². The summed E-state index contributed by atoms with van der Waals surface area (Å²) in [5, 5.41) is 0. The smallest absolute Gasteiger partial charge is 0.337 e. The first-order valence-corrected chi connectivity index (χ1v) is 9.58. The molecule has 0 bridgehead atoms. The second-order valence-corrected chi connectivity index (χ2v) is 7.18. The number of ether oxygens (including phenoxy) is 3. The van der Waals surface area contributed by atoms with E-state index >= 15 is 0 Å². The van der Waals surface area contributed by atoms with Gasteiger partial charge in [0.25, 0.3) is 5.91 Å². The number of hydrogen-bond donors (Lipinski definition) is 0. The largest absolute Gasteiger partial charge is 0.465 e. The Morgan fingerprint density at radius 2 is 2.00 bits per heavy atom. The first-order chi connectivity index (χ1) is 13.6. The number of methoxy groups -OCH3 is 1. The Kier molecular flexibility index (Phi) is 4.87. The molecule has 1 amide bonds. The lowest BCUT2D eigenvalue weighted by Gasteiger charge is -2.02. The molecule has 0 fully saturated rings. The molecule has 0 atom stereocenters. The number of benzene rings is 2. The third-order valence-corrected chi connectivity index (χ3v) is 5.47. The van der Waals surface area contributed by atoms with Gasteiger partial charge in [0.15, 0.2) is 16.3 Å². The number of esters is 1. The molecule has 0 saturated heterocycles. The molecule has 0 unspecified atom stereocenters. The van der Waals surface area contributed by atoms with E-state index in [1.165, 1.54) is 18.4 Å². The van der Waals surface area contributed by atoms with Gasteiger partial charge in [-0.25, -0.2) is 4.79 Å². The van der Waals surface area contributed by atoms with Crippen molar-refractivity contribution in [1.82, 2.24) is 4.57 Å². The fourth-order valence-electron chi connectivity index (χ4n) is 3.08. The van der Waals surface area contributed by atoms with Gasteiger partial charge in [0.05, 0.1) is 29.3 Å². The normalized spacial score (nSPS) is 13.1. The molecule has 2 aromatic carbocycles. The van der Waals surface area contributed by atoms with Crippen molar-refractivity contribution in [3.05, 3.63) is 52.3 Å². The number of carbonyl (C=O) groups is 2. The van der Waals surface area contributed by atoms with Gasteiger partial charge in [-0.15, -0.1) is 0 Å². The van der Waals surface area contributed by atoms with Crippen LogP contribution in [-0.2, 0) is 22.5 Å². The molecule has 0 aliphatic carbocycles. The summed E-state index contributed by atoms with van der Waals surface area (Å²) < 4.78 is 18.2. The predicted molar refractivity (Wildman–Crippen MR) is 104 cm³/mol. The molecule has 4 rings (SSSR count). The number of hydrogen-bond acceptors (Lipinski definition) is 6. The second kappa shape index (κ2) is 7.47. The third kappa shape index (κ3) is 3.38. The van der Waals surface area contributed by atoms with Gasteiger partial charge < -0.3 is 18.8 Å². The van der Waals surface area contributed by atoms with Crippen molar-refractivity contribution in [2.75, 3.05) is 13.9 Å². The van der Waals surface area contributed by atoms with E-state index in [9.17, 15) is 9.59 Å². The summed E-state index contributed by atoms with van der Waals surface area (Å²) in [5.74, 6) is 0.686. The molecule has 8 heteroatoms. The summed E-state index contributed by atoms with van der Waals surface area (Å²) in [6.45, 7) is 2.85. The van der Waals surface area contributed by atoms with Gasteiger partial charge >= 0.3 is 5.97 Å². The van der Waals surface area contributed by atoms with E-state index < -0.39 is 5.97 Å². The van der Waals surface area contributed by atoms with Crippen LogP contribution in [0.3, 0.4) is 0 Å². The molecular formula is C20H18N2O5S. The lowest BCUT2D eigenvalue weighted by molar-refractivity contribution is -0.117. The highest BCUT2D eigenvalue weighted by atomic mass is 32.1. The van der Waals surface area contributed by atoms with Gasteiger partial charge in [-0.05, 0) is 42.8 Å². The molecule has 28 heavy (non-hydrogen) atoms. The summed E-state index contributed by atoms with van der Waals surface area (Å²) >= 11 is 1.37. The van der Waals surface area contributed by atoms with E-state index in [1.54, 1.807) is 24.3 Å². The van der Waals surface area contributed by atoms with Crippen molar-refractivity contribution in [2.24, 2.45) is 4.99 Å². The SMILES string of the molecule is CCn1c(=NC(=O)Cc2ccc3c(c2)OCO3)sc2cc(C(=O)OC)ccc21. The lowest BCUT2D eigenvalue weighted by Crippen LogP contribution is -2.16. The van der Waals surface area contributed by atoms with Gasteiger partial charge in [0.2, 0.25) is 6.79 Å². The predicted octanol–water partition coefficient (Wildman–Crippen LogP) is 2.91. The van der Waals surface area contributed by atoms with E-state index in [-0.39, 0.29) is 19.1 Å². The minimum absolute atomic E-state index is 0.169. The third-order valence-electron chi connectivity index (χ3n) is 4.43. The Labute approximate surface area is 164 Å². The molecule has 0 radical (unpaired) electrons. The average molecular weight is 398 g/mol. The van der Waals surface area contributed by atoms with Crippen molar-refractivity contribution >= 4 is 33.4 Å². The summed E-state index contributed by atoms with van der Waals surface area (Å²) in [4.78, 5) is 29.2. The van der Waals surface area contributed by atoms with Gasteiger partial charge in [-0.3, -0.25) is 4.79 Å². The monoisotopic (exact) mass is 398 g/mol. The number of aryl methyl sites for hydroxylation is 1. The highest BCUT2D eigenvalue weighted by Gasteiger charge is 2.15. The summed E-state index contributed by atoms with van der Waals surface area (Å²) in [6.07, 6.45) is 0.169.